The number of nitrogens with two attached hydrogens (primary N) is 1. The lowest BCUT2D eigenvalue weighted by Gasteiger charge is -2.31. The summed E-state index contributed by atoms with van der Waals surface area (Å²) in [6.45, 7) is 1.68. The van der Waals surface area contributed by atoms with E-state index >= 15 is 0 Å². The molecule has 6 heteroatoms. The zero-order valence-electron chi connectivity index (χ0n) is 14.0. The predicted octanol–water partition coefficient (Wildman–Crippen LogP) is 1.85. The third-order valence-corrected chi connectivity index (χ3v) is 5.28. The van der Waals surface area contributed by atoms with Gasteiger partial charge in [0.1, 0.15) is 5.54 Å². The van der Waals surface area contributed by atoms with Crippen molar-refractivity contribution in [3.8, 4) is 0 Å². The average molecular weight is 352 g/mol. The summed E-state index contributed by atoms with van der Waals surface area (Å²) in [6, 6.07) is 10.3. The molecule has 5 nitrogen and oxygen atoms in total. The van der Waals surface area contributed by atoms with Gasteiger partial charge < -0.3 is 16.4 Å². The molecule has 0 aliphatic carbocycles. The maximum atomic E-state index is 12.5. The van der Waals surface area contributed by atoms with Crippen LogP contribution in [0.4, 0.5) is 0 Å². The Balaban J connectivity index is 0.00000208. The van der Waals surface area contributed by atoms with Crippen LogP contribution in [0.25, 0.3) is 0 Å². The molecule has 0 radical (unpaired) electrons. The fraction of sp³-hybridized carbons (Fsp3) is 0.556. The summed E-state index contributed by atoms with van der Waals surface area (Å²) in [4.78, 5) is 24.5. The van der Waals surface area contributed by atoms with Crippen LogP contribution in [0.3, 0.4) is 0 Å². The summed E-state index contributed by atoms with van der Waals surface area (Å²) in [5.41, 5.74) is 5.13. The number of halogens is 1. The summed E-state index contributed by atoms with van der Waals surface area (Å²) in [6.07, 6.45) is 4.98. The molecule has 1 aromatic rings. The Hall–Kier alpha value is -1.59. The first-order valence-corrected chi connectivity index (χ1v) is 8.40. The summed E-state index contributed by atoms with van der Waals surface area (Å²) < 4.78 is 0. The van der Waals surface area contributed by atoms with Crippen molar-refractivity contribution in [3.63, 3.8) is 0 Å². The van der Waals surface area contributed by atoms with Gasteiger partial charge in [-0.25, -0.2) is 0 Å². The topological polar surface area (TPSA) is 84.2 Å². The number of hydrogen-bond donors (Lipinski definition) is 3. The Kier molecular flexibility index (Phi) is 5.88. The molecule has 0 saturated carbocycles. The first-order chi connectivity index (χ1) is 11.0. The van der Waals surface area contributed by atoms with E-state index in [0.717, 1.165) is 12.8 Å². The van der Waals surface area contributed by atoms with E-state index in [0.29, 0.717) is 30.0 Å². The second-order valence-corrected chi connectivity index (χ2v) is 7.08. The van der Waals surface area contributed by atoms with Crippen LogP contribution in [-0.4, -0.2) is 23.9 Å². The largest absolute Gasteiger partial charge is 0.367 e. The molecule has 1 aromatic carbocycles. The summed E-state index contributed by atoms with van der Waals surface area (Å²) >= 11 is 0. The molecule has 2 saturated heterocycles. The van der Waals surface area contributed by atoms with E-state index < -0.39 is 11.4 Å². The van der Waals surface area contributed by atoms with Crippen molar-refractivity contribution in [2.24, 2.45) is 11.7 Å². The van der Waals surface area contributed by atoms with Gasteiger partial charge in [-0.1, -0.05) is 30.3 Å². The van der Waals surface area contributed by atoms with Crippen molar-refractivity contribution >= 4 is 24.2 Å². The van der Waals surface area contributed by atoms with Gasteiger partial charge in [0, 0.05) is 18.5 Å². The predicted molar refractivity (Wildman–Crippen MR) is 95.7 cm³/mol. The zero-order valence-corrected chi connectivity index (χ0v) is 14.8. The lowest BCUT2D eigenvalue weighted by molar-refractivity contribution is -0.132. The van der Waals surface area contributed by atoms with Crippen LogP contribution in [0, 0.1) is 5.92 Å². The molecule has 3 unspecified atom stereocenters. The minimum Gasteiger partial charge on any atom is -0.367 e. The average Bonchev–Trinajstić information content (AvgIpc) is 2.86. The van der Waals surface area contributed by atoms with Crippen LogP contribution in [0.2, 0.25) is 0 Å². The Morgan fingerprint density at radius 3 is 2.33 bits per heavy atom. The molecule has 4 N–H and O–H groups in total. The molecule has 2 bridgehead atoms. The molecular formula is C18H26ClN3O2. The number of carbonyl (C=O) groups is 2. The van der Waals surface area contributed by atoms with Gasteiger partial charge in [-0.2, -0.15) is 0 Å². The summed E-state index contributed by atoms with van der Waals surface area (Å²) in [5.74, 6) is -0.245. The van der Waals surface area contributed by atoms with Crippen LogP contribution in [0.15, 0.2) is 30.3 Å². The monoisotopic (exact) mass is 351 g/mol. The minimum absolute atomic E-state index is 0. The maximum Gasteiger partial charge on any atom is 0.247 e. The first kappa shape index (κ1) is 18.7. The molecule has 3 rings (SSSR count). The third-order valence-electron chi connectivity index (χ3n) is 5.28. The highest BCUT2D eigenvalue weighted by Gasteiger charge is 2.37. The van der Waals surface area contributed by atoms with E-state index in [2.05, 4.69) is 10.6 Å². The Morgan fingerprint density at radius 1 is 1.21 bits per heavy atom. The zero-order chi connectivity index (χ0) is 16.4. The van der Waals surface area contributed by atoms with Gasteiger partial charge in [0.25, 0.3) is 0 Å². The fourth-order valence-corrected chi connectivity index (χ4v) is 3.98. The van der Waals surface area contributed by atoms with E-state index in [1.807, 2.05) is 30.3 Å². The number of carbonyl (C=O) groups excluding carboxylic acids is 2. The van der Waals surface area contributed by atoms with E-state index in [1.165, 1.54) is 12.8 Å². The highest BCUT2D eigenvalue weighted by molar-refractivity contribution is 5.91. The summed E-state index contributed by atoms with van der Waals surface area (Å²) in [5, 5.41) is 6.45. The molecule has 3 atom stereocenters. The van der Waals surface area contributed by atoms with Crippen molar-refractivity contribution in [3.05, 3.63) is 35.9 Å². The maximum absolute atomic E-state index is 12.5. The van der Waals surface area contributed by atoms with Crippen molar-refractivity contribution in [2.45, 2.75) is 56.7 Å². The van der Waals surface area contributed by atoms with Crippen molar-refractivity contribution in [1.82, 2.24) is 10.6 Å². The summed E-state index contributed by atoms with van der Waals surface area (Å²) in [7, 11) is 0. The van der Waals surface area contributed by atoms with Gasteiger partial charge in [-0.3, -0.25) is 9.59 Å². The smallest absolute Gasteiger partial charge is 0.247 e. The highest BCUT2D eigenvalue weighted by atomic mass is 35.5. The second kappa shape index (κ2) is 7.53. The normalized spacial score (nSPS) is 27.6. The van der Waals surface area contributed by atoms with Crippen LogP contribution >= 0.6 is 12.4 Å². The molecule has 0 aromatic heterocycles. The SMILES string of the molecule is CC(NC(=O)CC1CC2CCC(C1)N2)(C(N)=O)c1ccccc1.Cl. The number of fused-ring (bicyclic) bond motifs is 2. The molecule has 2 fully saturated rings. The number of nitrogens with one attached hydrogen (secondary N) is 2. The molecule has 2 heterocycles. The van der Waals surface area contributed by atoms with Crippen molar-refractivity contribution < 1.29 is 9.59 Å². The van der Waals surface area contributed by atoms with Crippen molar-refractivity contribution in [1.29, 1.82) is 0 Å². The van der Waals surface area contributed by atoms with E-state index in [1.54, 1.807) is 6.92 Å². The number of rotatable bonds is 5. The van der Waals surface area contributed by atoms with Gasteiger partial charge in [0.05, 0.1) is 0 Å². The van der Waals surface area contributed by atoms with Gasteiger partial charge in [0.2, 0.25) is 11.8 Å². The van der Waals surface area contributed by atoms with Crippen molar-refractivity contribution in [2.75, 3.05) is 0 Å². The molecular weight excluding hydrogens is 326 g/mol. The standard InChI is InChI=1S/C18H25N3O2.ClH/c1-18(17(19)23,13-5-3-2-4-6-13)21-16(22)11-12-9-14-7-8-15(10-12)20-14;/h2-6,12,14-15,20H,7-11H2,1H3,(H2,19,23)(H,21,22);1H. The number of piperidine rings is 1. The molecule has 2 aliphatic rings. The second-order valence-electron chi connectivity index (χ2n) is 7.08. The molecule has 24 heavy (non-hydrogen) atoms. The third kappa shape index (κ3) is 3.90. The highest BCUT2D eigenvalue weighted by Crippen LogP contribution is 2.33. The number of primary amides is 1. The quantitative estimate of drug-likeness (QED) is 0.756. The van der Waals surface area contributed by atoms with Crippen LogP contribution in [-0.2, 0) is 15.1 Å². The molecule has 2 aliphatic heterocycles. The lowest BCUT2D eigenvalue weighted by atomic mass is 9.87. The Morgan fingerprint density at radius 2 is 1.79 bits per heavy atom. The van der Waals surface area contributed by atoms with Gasteiger partial charge >= 0.3 is 0 Å². The van der Waals surface area contributed by atoms with Crippen LogP contribution in [0.5, 0.6) is 0 Å². The molecule has 2 amide bonds. The fourth-order valence-electron chi connectivity index (χ4n) is 3.98. The Labute approximate surface area is 149 Å². The van der Waals surface area contributed by atoms with E-state index in [4.69, 9.17) is 5.73 Å². The van der Waals surface area contributed by atoms with Gasteiger partial charge in [-0.15, -0.1) is 12.4 Å². The van der Waals surface area contributed by atoms with Gasteiger partial charge in [0.15, 0.2) is 0 Å². The Bertz CT molecular complexity index is 583. The number of amides is 2. The number of hydrogen-bond acceptors (Lipinski definition) is 3. The first-order valence-electron chi connectivity index (χ1n) is 8.40. The van der Waals surface area contributed by atoms with Gasteiger partial charge in [-0.05, 0) is 44.1 Å². The molecule has 132 valence electrons. The minimum atomic E-state index is -1.16. The van der Waals surface area contributed by atoms with Crippen LogP contribution < -0.4 is 16.4 Å². The van der Waals surface area contributed by atoms with Crippen LogP contribution in [0.1, 0.15) is 44.6 Å². The number of benzene rings is 1. The molecule has 0 spiro atoms. The lowest BCUT2D eigenvalue weighted by Crippen LogP contribution is -2.53. The van der Waals surface area contributed by atoms with E-state index in [9.17, 15) is 9.59 Å². The van der Waals surface area contributed by atoms with E-state index in [-0.39, 0.29) is 18.3 Å².